The second-order valence-electron chi connectivity index (χ2n) is 9.33. The molecule has 0 bridgehead atoms. The SMILES string of the molecule is Cc1ccc(NC(=O)Oc2ccc3c(c2)[C@]2(Cc4ccc(Cl)cc4)CCN(C)[C@@H]2N3C)cc1Cl. The van der Waals surface area contributed by atoms with Crippen LogP contribution in [0.15, 0.2) is 60.7 Å². The highest BCUT2D eigenvalue weighted by Gasteiger charge is 2.55. The zero-order valence-corrected chi connectivity index (χ0v) is 21.0. The Morgan fingerprint density at radius 3 is 2.59 bits per heavy atom. The highest BCUT2D eigenvalue weighted by molar-refractivity contribution is 6.31. The first-order valence-corrected chi connectivity index (χ1v) is 12.1. The largest absolute Gasteiger partial charge is 0.417 e. The molecule has 0 radical (unpaired) electrons. The standard InChI is InChI=1S/C27H27Cl2N3O2/c1-17-4-9-20(14-23(17)29)30-26(33)34-21-10-11-24-22(15-21)27(12-13-31(2)25(27)32(24)3)16-18-5-7-19(28)8-6-18/h4-11,14-15,25H,12-13,16H2,1-3H3,(H,30,33)/t25-,27-/m1/s1. The maximum Gasteiger partial charge on any atom is 0.417 e. The zero-order chi connectivity index (χ0) is 24.0. The van der Waals surface area contributed by atoms with Gasteiger partial charge in [-0.3, -0.25) is 10.2 Å². The van der Waals surface area contributed by atoms with E-state index in [-0.39, 0.29) is 11.6 Å². The second-order valence-corrected chi connectivity index (χ2v) is 10.2. The van der Waals surface area contributed by atoms with Crippen molar-refractivity contribution in [3.05, 3.63) is 87.4 Å². The van der Waals surface area contributed by atoms with Crippen LogP contribution in [0.4, 0.5) is 16.2 Å². The van der Waals surface area contributed by atoms with E-state index in [1.165, 1.54) is 16.8 Å². The Morgan fingerprint density at radius 1 is 1.09 bits per heavy atom. The second kappa shape index (κ2) is 8.81. The van der Waals surface area contributed by atoms with Gasteiger partial charge in [0.25, 0.3) is 0 Å². The lowest BCUT2D eigenvalue weighted by atomic mass is 9.74. The van der Waals surface area contributed by atoms with E-state index in [4.69, 9.17) is 27.9 Å². The summed E-state index contributed by atoms with van der Waals surface area (Å²) in [5, 5.41) is 4.10. The molecular formula is C27H27Cl2N3O2. The number of likely N-dealkylation sites (N-methyl/N-ethyl adjacent to an activating group) is 2. The molecule has 2 heterocycles. The number of fused-ring (bicyclic) bond motifs is 3. The van der Waals surface area contributed by atoms with E-state index in [9.17, 15) is 4.79 Å². The van der Waals surface area contributed by atoms with Crippen LogP contribution >= 0.6 is 23.2 Å². The third-order valence-corrected chi connectivity index (χ3v) is 7.79. The first-order chi connectivity index (χ1) is 16.3. The highest BCUT2D eigenvalue weighted by Crippen LogP contribution is 2.53. The van der Waals surface area contributed by atoms with E-state index in [1.54, 1.807) is 12.1 Å². The number of benzene rings is 3. The van der Waals surface area contributed by atoms with Gasteiger partial charge in [-0.25, -0.2) is 4.79 Å². The number of halogens is 2. The fourth-order valence-electron chi connectivity index (χ4n) is 5.57. The van der Waals surface area contributed by atoms with Crippen molar-refractivity contribution in [3.63, 3.8) is 0 Å². The molecule has 2 aliphatic rings. The molecule has 5 nitrogen and oxygen atoms in total. The van der Waals surface area contributed by atoms with Crippen molar-refractivity contribution in [2.75, 3.05) is 30.9 Å². The van der Waals surface area contributed by atoms with Crippen LogP contribution in [0, 0.1) is 6.92 Å². The fraction of sp³-hybridized carbons (Fsp3) is 0.296. The quantitative estimate of drug-likeness (QED) is 0.448. The summed E-state index contributed by atoms with van der Waals surface area (Å²) in [7, 11) is 4.32. The Labute approximate surface area is 210 Å². The predicted octanol–water partition coefficient (Wildman–Crippen LogP) is 6.50. The number of hydrogen-bond donors (Lipinski definition) is 1. The molecule has 34 heavy (non-hydrogen) atoms. The molecule has 1 fully saturated rings. The lowest BCUT2D eigenvalue weighted by molar-refractivity contribution is 0.215. The Morgan fingerprint density at radius 2 is 1.85 bits per heavy atom. The molecule has 0 aliphatic carbocycles. The van der Waals surface area contributed by atoms with E-state index >= 15 is 0 Å². The van der Waals surface area contributed by atoms with Gasteiger partial charge < -0.3 is 9.64 Å². The molecule has 176 valence electrons. The monoisotopic (exact) mass is 495 g/mol. The number of aryl methyl sites for hydroxylation is 1. The average Bonchev–Trinajstić information content (AvgIpc) is 3.25. The van der Waals surface area contributed by atoms with E-state index < -0.39 is 6.09 Å². The van der Waals surface area contributed by atoms with E-state index in [2.05, 4.69) is 47.4 Å². The fourth-order valence-corrected chi connectivity index (χ4v) is 5.87. The van der Waals surface area contributed by atoms with Crippen LogP contribution in [-0.4, -0.2) is 37.8 Å². The molecule has 3 aromatic carbocycles. The van der Waals surface area contributed by atoms with Crippen LogP contribution < -0.4 is 15.0 Å². The van der Waals surface area contributed by atoms with Gasteiger partial charge in [0.15, 0.2) is 0 Å². The molecule has 0 unspecified atom stereocenters. The van der Waals surface area contributed by atoms with Crippen molar-refractivity contribution in [1.29, 1.82) is 0 Å². The van der Waals surface area contributed by atoms with Crippen LogP contribution in [0.2, 0.25) is 10.0 Å². The summed E-state index contributed by atoms with van der Waals surface area (Å²) in [6, 6.07) is 19.4. The van der Waals surface area contributed by atoms with Crippen LogP contribution in [0.25, 0.3) is 0 Å². The maximum absolute atomic E-state index is 12.6. The number of hydrogen-bond acceptors (Lipinski definition) is 4. The van der Waals surface area contributed by atoms with Crippen molar-refractivity contribution in [1.82, 2.24) is 4.90 Å². The van der Waals surface area contributed by atoms with Crippen LogP contribution in [0.1, 0.15) is 23.1 Å². The number of carbonyl (C=O) groups excluding carboxylic acids is 1. The molecule has 3 aromatic rings. The third-order valence-electron chi connectivity index (χ3n) is 7.14. The van der Waals surface area contributed by atoms with Crippen molar-refractivity contribution < 1.29 is 9.53 Å². The minimum Gasteiger partial charge on any atom is -0.410 e. The lowest BCUT2D eigenvalue weighted by Crippen LogP contribution is -2.47. The summed E-state index contributed by atoms with van der Waals surface area (Å²) in [6.07, 6.45) is 1.59. The summed E-state index contributed by atoms with van der Waals surface area (Å²) in [5.41, 5.74) is 5.06. The van der Waals surface area contributed by atoms with Gasteiger partial charge in [-0.1, -0.05) is 41.4 Å². The Hall–Kier alpha value is -2.73. The summed E-state index contributed by atoms with van der Waals surface area (Å²) in [4.78, 5) is 17.4. The minimum absolute atomic E-state index is 0.104. The highest BCUT2D eigenvalue weighted by atomic mass is 35.5. The molecule has 0 saturated carbocycles. The van der Waals surface area contributed by atoms with E-state index in [1.807, 2.05) is 37.3 Å². The molecule has 1 saturated heterocycles. The number of likely N-dealkylation sites (tertiary alicyclic amines) is 1. The van der Waals surface area contributed by atoms with Crippen LogP contribution in [0.3, 0.4) is 0 Å². The predicted molar refractivity (Wildman–Crippen MR) is 139 cm³/mol. The Balaban J connectivity index is 1.44. The first-order valence-electron chi connectivity index (χ1n) is 11.3. The zero-order valence-electron chi connectivity index (χ0n) is 19.4. The maximum atomic E-state index is 12.6. The van der Waals surface area contributed by atoms with Crippen molar-refractivity contribution in [2.24, 2.45) is 0 Å². The molecular weight excluding hydrogens is 469 g/mol. The first kappa shape index (κ1) is 23.0. The van der Waals surface area contributed by atoms with Crippen molar-refractivity contribution >= 4 is 40.7 Å². The number of anilines is 2. The normalized spacial score (nSPS) is 21.3. The lowest BCUT2D eigenvalue weighted by Gasteiger charge is -2.35. The molecule has 2 atom stereocenters. The third kappa shape index (κ3) is 4.02. The van der Waals surface area contributed by atoms with Crippen molar-refractivity contribution in [3.8, 4) is 5.75 Å². The summed E-state index contributed by atoms with van der Waals surface area (Å²) in [5.74, 6) is 0.522. The van der Waals surface area contributed by atoms with Gasteiger partial charge in [0.2, 0.25) is 0 Å². The molecule has 0 spiro atoms. The molecule has 0 aromatic heterocycles. The molecule has 1 amide bonds. The van der Waals surface area contributed by atoms with Gasteiger partial charge in [-0.05, 0) is 86.0 Å². The molecule has 7 heteroatoms. The number of rotatable bonds is 4. The van der Waals surface area contributed by atoms with Crippen molar-refractivity contribution in [2.45, 2.75) is 31.3 Å². The Bertz CT molecular complexity index is 1250. The average molecular weight is 496 g/mol. The number of nitrogens with zero attached hydrogens (tertiary/aromatic N) is 2. The van der Waals surface area contributed by atoms with E-state index in [0.717, 1.165) is 30.0 Å². The van der Waals surface area contributed by atoms with Crippen LogP contribution in [-0.2, 0) is 11.8 Å². The van der Waals surface area contributed by atoms with Crippen LogP contribution in [0.5, 0.6) is 5.75 Å². The van der Waals surface area contributed by atoms with Gasteiger partial charge >= 0.3 is 6.09 Å². The minimum atomic E-state index is -0.543. The number of amides is 1. The van der Waals surface area contributed by atoms with E-state index in [0.29, 0.717) is 16.5 Å². The summed E-state index contributed by atoms with van der Waals surface area (Å²) >= 11 is 12.3. The number of carbonyl (C=O) groups is 1. The van der Waals surface area contributed by atoms with Gasteiger partial charge in [-0.15, -0.1) is 0 Å². The summed E-state index contributed by atoms with van der Waals surface area (Å²) < 4.78 is 5.69. The topological polar surface area (TPSA) is 44.8 Å². The van der Waals surface area contributed by atoms with Gasteiger partial charge in [0, 0.05) is 40.4 Å². The van der Waals surface area contributed by atoms with Gasteiger partial charge in [0.05, 0.1) is 6.17 Å². The summed E-state index contributed by atoms with van der Waals surface area (Å²) in [6.45, 7) is 2.92. The number of ether oxygens (including phenoxy) is 1. The molecule has 2 aliphatic heterocycles. The molecule has 5 rings (SSSR count). The smallest absolute Gasteiger partial charge is 0.410 e. The van der Waals surface area contributed by atoms with Gasteiger partial charge in [-0.2, -0.15) is 0 Å². The Kier molecular flexibility index (Phi) is 5.96. The number of nitrogens with one attached hydrogen (secondary N) is 1. The molecule has 1 N–H and O–H groups in total. The van der Waals surface area contributed by atoms with Gasteiger partial charge in [0.1, 0.15) is 5.75 Å².